The third kappa shape index (κ3) is 3.73. The standard InChI is InChI=1S/C17H17ClN4O5S3/c1-29(24,25)17-19-15(12-4-2-3-7-22(12)17)16(23)20-8-10-21(11-9-20)30(26,27)14-6-5-13(18)28-14/h2-7H,8-11H2,1H3. The van der Waals surface area contributed by atoms with E-state index in [1.54, 1.807) is 18.2 Å². The topological polar surface area (TPSA) is 109 Å². The third-order valence-electron chi connectivity index (χ3n) is 4.72. The van der Waals surface area contributed by atoms with Gasteiger partial charge in [-0.2, -0.15) is 4.31 Å². The molecule has 1 aliphatic rings. The number of carbonyl (C=O) groups is 1. The van der Waals surface area contributed by atoms with Crippen molar-refractivity contribution in [1.29, 1.82) is 0 Å². The second-order valence-electron chi connectivity index (χ2n) is 6.73. The molecule has 4 rings (SSSR count). The van der Waals surface area contributed by atoms with Crippen molar-refractivity contribution in [2.75, 3.05) is 32.4 Å². The molecule has 1 saturated heterocycles. The van der Waals surface area contributed by atoms with E-state index in [1.165, 1.54) is 31.9 Å². The first kappa shape index (κ1) is 21.2. The molecule has 0 radical (unpaired) electrons. The van der Waals surface area contributed by atoms with Crippen LogP contribution in [0.25, 0.3) is 5.52 Å². The van der Waals surface area contributed by atoms with Crippen LogP contribution in [0, 0.1) is 0 Å². The largest absolute Gasteiger partial charge is 0.335 e. The molecular formula is C17H17ClN4O5S3. The van der Waals surface area contributed by atoms with E-state index in [0.717, 1.165) is 17.6 Å². The fourth-order valence-electron chi connectivity index (χ4n) is 3.27. The Morgan fingerprint density at radius 3 is 2.37 bits per heavy atom. The highest BCUT2D eigenvalue weighted by Crippen LogP contribution is 2.29. The van der Waals surface area contributed by atoms with Crippen molar-refractivity contribution in [3.05, 3.63) is 46.6 Å². The van der Waals surface area contributed by atoms with E-state index in [4.69, 9.17) is 11.6 Å². The molecule has 0 N–H and O–H groups in total. The van der Waals surface area contributed by atoms with E-state index >= 15 is 0 Å². The molecule has 160 valence electrons. The number of pyridine rings is 1. The van der Waals surface area contributed by atoms with Crippen molar-refractivity contribution >= 4 is 54.2 Å². The van der Waals surface area contributed by atoms with Gasteiger partial charge in [0.1, 0.15) is 4.21 Å². The summed E-state index contributed by atoms with van der Waals surface area (Å²) in [6.07, 6.45) is 2.57. The molecule has 3 aromatic heterocycles. The molecule has 0 unspecified atom stereocenters. The van der Waals surface area contributed by atoms with Gasteiger partial charge in [-0.3, -0.25) is 9.20 Å². The number of carbonyl (C=O) groups excluding carboxylic acids is 1. The van der Waals surface area contributed by atoms with Crippen LogP contribution in [-0.2, 0) is 19.9 Å². The first-order valence-electron chi connectivity index (χ1n) is 8.81. The van der Waals surface area contributed by atoms with Gasteiger partial charge in [0.05, 0.1) is 9.85 Å². The van der Waals surface area contributed by atoms with Crippen molar-refractivity contribution in [3.63, 3.8) is 0 Å². The van der Waals surface area contributed by atoms with Crippen LogP contribution in [0.3, 0.4) is 0 Å². The van der Waals surface area contributed by atoms with E-state index < -0.39 is 25.8 Å². The average molecular weight is 489 g/mol. The number of rotatable bonds is 4. The Balaban J connectivity index is 1.57. The quantitative estimate of drug-likeness (QED) is 0.551. The van der Waals surface area contributed by atoms with Crippen LogP contribution in [0.2, 0.25) is 4.34 Å². The molecule has 0 spiro atoms. The lowest BCUT2D eigenvalue weighted by Crippen LogP contribution is -2.50. The average Bonchev–Trinajstić information content (AvgIpc) is 3.32. The molecule has 0 saturated carbocycles. The third-order valence-corrected chi connectivity index (χ3v) is 9.27. The molecule has 1 amide bonds. The molecule has 4 heterocycles. The van der Waals surface area contributed by atoms with Crippen LogP contribution >= 0.6 is 22.9 Å². The van der Waals surface area contributed by atoms with Gasteiger partial charge in [-0.05, 0) is 24.3 Å². The Bertz CT molecular complexity index is 1340. The number of amides is 1. The van der Waals surface area contributed by atoms with Crippen molar-refractivity contribution < 1.29 is 21.6 Å². The summed E-state index contributed by atoms with van der Waals surface area (Å²) in [6, 6.07) is 7.96. The Morgan fingerprint density at radius 2 is 1.77 bits per heavy atom. The normalized spacial score (nSPS) is 16.3. The number of fused-ring (bicyclic) bond motifs is 1. The zero-order valence-electron chi connectivity index (χ0n) is 15.7. The molecule has 1 aliphatic heterocycles. The summed E-state index contributed by atoms with van der Waals surface area (Å²) in [5, 5.41) is -0.211. The van der Waals surface area contributed by atoms with Gasteiger partial charge in [0.25, 0.3) is 15.9 Å². The fourth-order valence-corrected chi connectivity index (χ4v) is 7.11. The number of imidazole rings is 1. The zero-order chi connectivity index (χ0) is 21.7. The summed E-state index contributed by atoms with van der Waals surface area (Å²) in [7, 11) is -7.32. The van der Waals surface area contributed by atoms with Gasteiger partial charge in [-0.1, -0.05) is 17.7 Å². The lowest BCUT2D eigenvalue weighted by atomic mass is 10.2. The van der Waals surface area contributed by atoms with Gasteiger partial charge >= 0.3 is 0 Å². The molecule has 13 heteroatoms. The van der Waals surface area contributed by atoms with E-state index in [9.17, 15) is 21.6 Å². The molecule has 30 heavy (non-hydrogen) atoms. The highest BCUT2D eigenvalue weighted by molar-refractivity contribution is 7.91. The first-order valence-corrected chi connectivity index (χ1v) is 13.3. The molecule has 0 aliphatic carbocycles. The molecule has 9 nitrogen and oxygen atoms in total. The van der Waals surface area contributed by atoms with Gasteiger partial charge < -0.3 is 4.90 Å². The summed E-state index contributed by atoms with van der Waals surface area (Å²) in [4.78, 5) is 18.6. The van der Waals surface area contributed by atoms with E-state index in [-0.39, 0.29) is 41.2 Å². The maximum atomic E-state index is 13.1. The number of halogens is 1. The molecule has 1 fully saturated rings. The lowest BCUT2D eigenvalue weighted by molar-refractivity contribution is 0.0694. The van der Waals surface area contributed by atoms with Crippen molar-refractivity contribution in [3.8, 4) is 0 Å². The molecule has 3 aromatic rings. The van der Waals surface area contributed by atoms with E-state index in [2.05, 4.69) is 4.98 Å². The predicted molar refractivity (Wildman–Crippen MR) is 112 cm³/mol. The van der Waals surface area contributed by atoms with Gasteiger partial charge in [0.15, 0.2) is 5.69 Å². The van der Waals surface area contributed by atoms with Crippen LogP contribution in [0.5, 0.6) is 0 Å². The minimum Gasteiger partial charge on any atom is -0.335 e. The van der Waals surface area contributed by atoms with Gasteiger partial charge in [0, 0.05) is 38.6 Å². The first-order chi connectivity index (χ1) is 14.1. The Kier molecular flexibility index (Phi) is 5.39. The maximum absolute atomic E-state index is 13.1. The highest BCUT2D eigenvalue weighted by Gasteiger charge is 2.33. The highest BCUT2D eigenvalue weighted by atomic mass is 35.5. The van der Waals surface area contributed by atoms with E-state index in [0.29, 0.717) is 9.85 Å². The maximum Gasteiger partial charge on any atom is 0.274 e. The Labute approximate surface area is 182 Å². The zero-order valence-corrected chi connectivity index (χ0v) is 18.9. The van der Waals surface area contributed by atoms with Crippen molar-refractivity contribution in [1.82, 2.24) is 18.6 Å². The van der Waals surface area contributed by atoms with Crippen LogP contribution in [-0.4, -0.2) is 73.8 Å². The van der Waals surface area contributed by atoms with Crippen LogP contribution < -0.4 is 0 Å². The molecule has 0 bridgehead atoms. The fraction of sp³-hybridized carbons (Fsp3) is 0.294. The number of nitrogens with zero attached hydrogens (tertiary/aromatic N) is 4. The van der Waals surface area contributed by atoms with Crippen molar-refractivity contribution in [2.45, 2.75) is 9.37 Å². The van der Waals surface area contributed by atoms with Crippen molar-refractivity contribution in [2.24, 2.45) is 0 Å². The number of piperazine rings is 1. The minimum atomic E-state index is -3.67. The SMILES string of the molecule is CS(=O)(=O)c1nc(C(=O)N2CCN(S(=O)(=O)c3ccc(Cl)s3)CC2)c2ccccn12. The van der Waals surface area contributed by atoms with E-state index in [1.807, 2.05) is 0 Å². The van der Waals surface area contributed by atoms with Crippen LogP contribution in [0.4, 0.5) is 0 Å². The monoisotopic (exact) mass is 488 g/mol. The summed E-state index contributed by atoms with van der Waals surface area (Å²) in [5.41, 5.74) is 0.406. The number of sulfonamides is 1. The molecule has 0 aromatic carbocycles. The van der Waals surface area contributed by atoms with Crippen LogP contribution in [0.15, 0.2) is 45.9 Å². The Hall–Kier alpha value is -1.99. The minimum absolute atomic E-state index is 0.0253. The number of sulfone groups is 1. The summed E-state index contributed by atoms with van der Waals surface area (Å²) < 4.78 is 52.8. The number of thiophene rings is 1. The van der Waals surface area contributed by atoms with Gasteiger partial charge in [-0.25, -0.2) is 21.8 Å². The number of hydrogen-bond donors (Lipinski definition) is 0. The smallest absolute Gasteiger partial charge is 0.274 e. The lowest BCUT2D eigenvalue weighted by Gasteiger charge is -2.33. The molecule has 0 atom stereocenters. The number of aromatic nitrogens is 2. The van der Waals surface area contributed by atoms with Crippen LogP contribution in [0.1, 0.15) is 10.5 Å². The summed E-state index contributed by atoms with van der Waals surface area (Å²) >= 11 is 6.83. The molecular weight excluding hydrogens is 472 g/mol. The second-order valence-corrected chi connectivity index (χ2v) is 12.5. The summed E-state index contributed by atoms with van der Waals surface area (Å²) in [5.74, 6) is -0.440. The Morgan fingerprint density at radius 1 is 1.07 bits per heavy atom. The second kappa shape index (κ2) is 7.61. The summed E-state index contributed by atoms with van der Waals surface area (Å²) in [6.45, 7) is 0.567. The predicted octanol–water partition coefficient (Wildman–Crippen LogP) is 1.60. The number of hydrogen-bond acceptors (Lipinski definition) is 7. The van der Waals surface area contributed by atoms with Gasteiger partial charge in [0.2, 0.25) is 15.0 Å². The van der Waals surface area contributed by atoms with Gasteiger partial charge in [-0.15, -0.1) is 11.3 Å².